The number of piperidine rings is 1. The monoisotopic (exact) mass is 405 g/mol. The Morgan fingerprint density at radius 3 is 2.73 bits per heavy atom. The van der Waals surface area contributed by atoms with E-state index in [-0.39, 0.29) is 23.6 Å². The fourth-order valence-electron chi connectivity index (χ4n) is 4.12. The van der Waals surface area contributed by atoms with E-state index in [0.717, 1.165) is 42.9 Å². The molecule has 4 aromatic rings. The van der Waals surface area contributed by atoms with E-state index in [1.807, 2.05) is 31.2 Å². The van der Waals surface area contributed by atoms with Gasteiger partial charge in [0.1, 0.15) is 5.52 Å². The zero-order chi connectivity index (χ0) is 20.7. The number of hydrogen-bond acceptors (Lipinski definition) is 5. The molecule has 5 rings (SSSR count). The molecule has 0 bridgehead atoms. The average molecular weight is 405 g/mol. The van der Waals surface area contributed by atoms with Gasteiger partial charge in [-0.25, -0.2) is 9.78 Å². The van der Waals surface area contributed by atoms with Crippen LogP contribution in [0.4, 0.5) is 5.69 Å². The highest BCUT2D eigenvalue weighted by molar-refractivity contribution is 5.96. The molecule has 0 radical (unpaired) electrons. The molecule has 1 atom stereocenters. The quantitative estimate of drug-likeness (QED) is 0.483. The maximum Gasteiger partial charge on any atom is 0.323 e. The third-order valence-corrected chi connectivity index (χ3v) is 5.90. The van der Waals surface area contributed by atoms with Crippen molar-refractivity contribution in [1.82, 2.24) is 19.9 Å². The van der Waals surface area contributed by atoms with Crippen LogP contribution in [0.1, 0.15) is 31.6 Å². The van der Waals surface area contributed by atoms with Gasteiger partial charge in [0.15, 0.2) is 11.5 Å². The van der Waals surface area contributed by atoms with Crippen LogP contribution in [0.25, 0.3) is 22.1 Å². The van der Waals surface area contributed by atoms with Crippen LogP contribution in [0.2, 0.25) is 0 Å². The molecule has 154 valence electrons. The van der Waals surface area contributed by atoms with Crippen molar-refractivity contribution in [1.29, 1.82) is 0 Å². The van der Waals surface area contributed by atoms with Crippen molar-refractivity contribution in [2.24, 2.45) is 0 Å². The molecule has 0 unspecified atom stereocenters. The lowest BCUT2D eigenvalue weighted by Crippen LogP contribution is -2.45. The van der Waals surface area contributed by atoms with Crippen molar-refractivity contribution in [2.45, 2.75) is 31.7 Å². The Morgan fingerprint density at radius 1 is 1.17 bits per heavy atom. The first-order chi connectivity index (χ1) is 14.6. The summed E-state index contributed by atoms with van der Waals surface area (Å²) in [5.74, 6) is 1.01. The maximum atomic E-state index is 12.8. The van der Waals surface area contributed by atoms with Crippen molar-refractivity contribution < 1.29 is 9.21 Å². The van der Waals surface area contributed by atoms with Crippen LogP contribution in [0, 0.1) is 0 Å². The van der Waals surface area contributed by atoms with Crippen LogP contribution < -0.4 is 11.0 Å². The Bertz CT molecular complexity index is 1230. The van der Waals surface area contributed by atoms with E-state index in [0.29, 0.717) is 16.7 Å². The second kappa shape index (κ2) is 7.46. The Labute approximate surface area is 172 Å². The minimum absolute atomic E-state index is 0.0625. The van der Waals surface area contributed by atoms with E-state index in [1.165, 1.54) is 0 Å². The number of anilines is 1. The second-order valence-corrected chi connectivity index (χ2v) is 7.83. The standard InChI is InChI=1S/C22H23N5O3/c1-13(20(28)23-15-6-7-16-18(12-15)26-22(29)25-16)27-10-8-14(9-11-27)21-24-17-4-2-3-5-19(17)30-21/h2-7,12-14H,8-11H2,1H3,(H,23,28)(H2,25,26,29)/t13-/m1/s1. The van der Waals surface area contributed by atoms with E-state index in [2.05, 4.69) is 25.2 Å². The second-order valence-electron chi connectivity index (χ2n) is 7.83. The number of carbonyl (C=O) groups excluding carboxylic acids is 1. The third kappa shape index (κ3) is 3.50. The fourth-order valence-corrected chi connectivity index (χ4v) is 4.12. The molecule has 2 aromatic carbocycles. The fraction of sp³-hybridized carbons (Fsp3) is 0.318. The number of amides is 1. The molecule has 1 fully saturated rings. The molecule has 1 aliphatic heterocycles. The molecule has 0 aliphatic carbocycles. The lowest BCUT2D eigenvalue weighted by atomic mass is 9.95. The molecule has 1 amide bonds. The van der Waals surface area contributed by atoms with Gasteiger partial charge in [0.25, 0.3) is 0 Å². The molecule has 0 spiro atoms. The summed E-state index contributed by atoms with van der Waals surface area (Å²) in [6.07, 6.45) is 1.81. The first kappa shape index (κ1) is 18.6. The zero-order valence-corrected chi connectivity index (χ0v) is 16.6. The normalized spacial score (nSPS) is 16.8. The van der Waals surface area contributed by atoms with Crippen molar-refractivity contribution in [2.75, 3.05) is 18.4 Å². The first-order valence-electron chi connectivity index (χ1n) is 10.2. The summed E-state index contributed by atoms with van der Waals surface area (Å²) in [5.41, 5.74) is 3.50. The average Bonchev–Trinajstić information content (AvgIpc) is 3.35. The summed E-state index contributed by atoms with van der Waals surface area (Å²) in [6, 6.07) is 12.9. The number of aromatic nitrogens is 3. The van der Waals surface area contributed by atoms with Crippen LogP contribution in [-0.2, 0) is 4.79 Å². The van der Waals surface area contributed by atoms with Crippen LogP contribution in [-0.4, -0.2) is 44.9 Å². The number of likely N-dealkylation sites (tertiary alicyclic amines) is 1. The number of H-pyrrole nitrogens is 2. The van der Waals surface area contributed by atoms with E-state index >= 15 is 0 Å². The van der Waals surface area contributed by atoms with Gasteiger partial charge in [0, 0.05) is 11.6 Å². The summed E-state index contributed by atoms with van der Waals surface area (Å²) in [7, 11) is 0. The number of aromatic amines is 2. The number of oxazole rings is 1. The van der Waals surface area contributed by atoms with E-state index in [4.69, 9.17) is 4.42 Å². The van der Waals surface area contributed by atoms with Gasteiger partial charge in [0.2, 0.25) is 5.91 Å². The maximum absolute atomic E-state index is 12.8. The molecule has 3 heterocycles. The molecular formula is C22H23N5O3. The molecule has 0 saturated carbocycles. The molecule has 8 heteroatoms. The van der Waals surface area contributed by atoms with Gasteiger partial charge < -0.3 is 19.7 Å². The molecule has 3 N–H and O–H groups in total. The number of rotatable bonds is 4. The Hall–Kier alpha value is -3.39. The van der Waals surface area contributed by atoms with Gasteiger partial charge in [-0.2, -0.15) is 0 Å². The summed E-state index contributed by atoms with van der Waals surface area (Å²) in [4.78, 5) is 36.4. The van der Waals surface area contributed by atoms with Crippen LogP contribution >= 0.6 is 0 Å². The topological polar surface area (TPSA) is 107 Å². The predicted molar refractivity (Wildman–Crippen MR) is 115 cm³/mol. The van der Waals surface area contributed by atoms with E-state index in [1.54, 1.807) is 18.2 Å². The molecule has 30 heavy (non-hydrogen) atoms. The molecule has 8 nitrogen and oxygen atoms in total. The molecule has 2 aromatic heterocycles. The number of hydrogen-bond donors (Lipinski definition) is 3. The Kier molecular flexibility index (Phi) is 4.63. The van der Waals surface area contributed by atoms with E-state index < -0.39 is 0 Å². The lowest BCUT2D eigenvalue weighted by Gasteiger charge is -2.34. The number of imidazole rings is 1. The number of carbonyl (C=O) groups is 1. The van der Waals surface area contributed by atoms with Crippen LogP contribution in [0.3, 0.4) is 0 Å². The smallest absolute Gasteiger partial charge is 0.323 e. The van der Waals surface area contributed by atoms with Gasteiger partial charge in [-0.1, -0.05) is 12.1 Å². The third-order valence-electron chi connectivity index (χ3n) is 5.90. The molecular weight excluding hydrogens is 382 g/mol. The van der Waals surface area contributed by atoms with Gasteiger partial charge >= 0.3 is 5.69 Å². The Balaban J connectivity index is 1.21. The largest absolute Gasteiger partial charge is 0.440 e. The predicted octanol–water partition coefficient (Wildman–Crippen LogP) is 3.20. The van der Waals surface area contributed by atoms with Crippen molar-refractivity contribution in [3.05, 3.63) is 58.8 Å². The Morgan fingerprint density at radius 2 is 1.93 bits per heavy atom. The highest BCUT2D eigenvalue weighted by Gasteiger charge is 2.29. The molecule has 1 aliphatic rings. The van der Waals surface area contributed by atoms with Crippen LogP contribution in [0.5, 0.6) is 0 Å². The summed E-state index contributed by atoms with van der Waals surface area (Å²) in [5, 5.41) is 2.95. The molecule has 1 saturated heterocycles. The SMILES string of the molecule is C[C@H](C(=O)Nc1ccc2[nH]c(=O)[nH]c2c1)N1CCC(c2nc3ccccc3o2)CC1. The highest BCUT2D eigenvalue weighted by atomic mass is 16.3. The number of fused-ring (bicyclic) bond motifs is 2. The first-order valence-corrected chi connectivity index (χ1v) is 10.2. The van der Waals surface area contributed by atoms with Gasteiger partial charge in [0.05, 0.1) is 17.1 Å². The van der Waals surface area contributed by atoms with Gasteiger partial charge in [-0.3, -0.25) is 9.69 Å². The lowest BCUT2D eigenvalue weighted by molar-refractivity contribution is -0.121. The number of nitrogens with one attached hydrogen (secondary N) is 3. The van der Waals surface area contributed by atoms with Crippen LogP contribution in [0.15, 0.2) is 51.7 Å². The van der Waals surface area contributed by atoms with Crippen molar-refractivity contribution in [3.63, 3.8) is 0 Å². The van der Waals surface area contributed by atoms with Gasteiger partial charge in [-0.15, -0.1) is 0 Å². The van der Waals surface area contributed by atoms with Crippen molar-refractivity contribution in [3.8, 4) is 0 Å². The minimum atomic E-state index is -0.261. The van der Waals surface area contributed by atoms with E-state index in [9.17, 15) is 9.59 Å². The van der Waals surface area contributed by atoms with Gasteiger partial charge in [-0.05, 0) is 63.2 Å². The summed E-state index contributed by atoms with van der Waals surface area (Å²) in [6.45, 7) is 3.54. The number of benzene rings is 2. The minimum Gasteiger partial charge on any atom is -0.440 e. The van der Waals surface area contributed by atoms with Crippen molar-refractivity contribution >= 4 is 33.7 Å². The zero-order valence-electron chi connectivity index (χ0n) is 16.6. The number of nitrogens with zero attached hydrogens (tertiary/aromatic N) is 2. The highest BCUT2D eigenvalue weighted by Crippen LogP contribution is 2.30. The summed E-state index contributed by atoms with van der Waals surface area (Å²) < 4.78 is 5.93. The summed E-state index contributed by atoms with van der Waals surface area (Å²) >= 11 is 0. The number of para-hydroxylation sites is 2.